The molecular weight excluding hydrogens is 232 g/mol. The van der Waals surface area contributed by atoms with Gasteiger partial charge in [-0.3, -0.25) is 0 Å². The lowest BCUT2D eigenvalue weighted by Gasteiger charge is -2.20. The first-order valence-electron chi connectivity index (χ1n) is 5.51. The van der Waals surface area contributed by atoms with Crippen molar-refractivity contribution in [2.45, 2.75) is 22.8 Å². The molecule has 0 spiro atoms. The highest BCUT2D eigenvalue weighted by Gasteiger charge is 2.18. The second-order valence-corrected chi connectivity index (χ2v) is 5.12. The molecule has 86 valence electrons. The molecule has 2 aromatic rings. The van der Waals surface area contributed by atoms with Gasteiger partial charge in [0.1, 0.15) is 11.5 Å². The Hall–Kier alpha value is -1.45. The summed E-state index contributed by atoms with van der Waals surface area (Å²) in [5.74, 6) is 1.76. The van der Waals surface area contributed by atoms with Crippen molar-refractivity contribution < 1.29 is 9.84 Å². The highest BCUT2D eigenvalue weighted by molar-refractivity contribution is 7.99. The number of hydrogen-bond donors (Lipinski definition) is 1. The van der Waals surface area contributed by atoms with E-state index in [1.807, 2.05) is 42.5 Å². The summed E-state index contributed by atoms with van der Waals surface area (Å²) >= 11 is 1.68. The predicted octanol–water partition coefficient (Wildman–Crippen LogP) is 4.00. The number of aliphatic hydroxyl groups excluding tert-OH is 1. The van der Waals surface area contributed by atoms with Gasteiger partial charge in [-0.15, -0.1) is 0 Å². The molecule has 1 aliphatic rings. The van der Waals surface area contributed by atoms with E-state index < -0.39 is 6.10 Å². The van der Waals surface area contributed by atoms with E-state index in [0.717, 1.165) is 26.9 Å². The number of aliphatic hydroxyl groups is 1. The Morgan fingerprint density at radius 3 is 2.65 bits per heavy atom. The molecule has 0 amide bonds. The van der Waals surface area contributed by atoms with Gasteiger partial charge in [0, 0.05) is 0 Å². The second-order valence-electron chi connectivity index (χ2n) is 4.03. The van der Waals surface area contributed by atoms with Gasteiger partial charge in [0.15, 0.2) is 0 Å². The van der Waals surface area contributed by atoms with E-state index in [1.165, 1.54) is 0 Å². The predicted molar refractivity (Wildman–Crippen MR) is 67.7 cm³/mol. The minimum atomic E-state index is -0.446. The first kappa shape index (κ1) is 10.7. The SMILES string of the molecule is C[C@H](O)c1ccc2c(c1)Sc1ccccc1O2. The smallest absolute Gasteiger partial charge is 0.141 e. The van der Waals surface area contributed by atoms with Gasteiger partial charge >= 0.3 is 0 Å². The molecule has 0 aromatic heterocycles. The van der Waals surface area contributed by atoms with Crippen LogP contribution in [0.2, 0.25) is 0 Å². The lowest BCUT2D eigenvalue weighted by atomic mass is 10.1. The van der Waals surface area contributed by atoms with Crippen LogP contribution in [0.4, 0.5) is 0 Å². The molecule has 1 heterocycles. The fourth-order valence-electron chi connectivity index (χ4n) is 1.80. The van der Waals surface area contributed by atoms with Crippen LogP contribution in [0, 0.1) is 0 Å². The second kappa shape index (κ2) is 4.09. The standard InChI is InChI=1S/C14H12O2S/c1-9(15)10-6-7-12-14(8-10)17-13-5-3-2-4-11(13)16-12/h2-9,15H,1H3/t9-/m0/s1. The minimum Gasteiger partial charge on any atom is -0.455 e. The molecule has 17 heavy (non-hydrogen) atoms. The van der Waals surface area contributed by atoms with Crippen LogP contribution in [0.3, 0.4) is 0 Å². The van der Waals surface area contributed by atoms with Crippen molar-refractivity contribution in [2.24, 2.45) is 0 Å². The number of ether oxygens (including phenoxy) is 1. The summed E-state index contributed by atoms with van der Waals surface area (Å²) in [5.41, 5.74) is 0.916. The van der Waals surface area contributed by atoms with Gasteiger partial charge in [0.05, 0.1) is 15.9 Å². The molecular formula is C14H12O2S. The zero-order chi connectivity index (χ0) is 11.8. The van der Waals surface area contributed by atoms with Crippen LogP contribution in [0.1, 0.15) is 18.6 Å². The van der Waals surface area contributed by atoms with E-state index in [0.29, 0.717) is 0 Å². The average Bonchev–Trinajstić information content (AvgIpc) is 2.35. The lowest BCUT2D eigenvalue weighted by Crippen LogP contribution is -1.97. The summed E-state index contributed by atoms with van der Waals surface area (Å²) in [4.78, 5) is 2.17. The maximum atomic E-state index is 9.57. The summed E-state index contributed by atoms with van der Waals surface area (Å²) in [6.45, 7) is 1.77. The Balaban J connectivity index is 2.03. The van der Waals surface area contributed by atoms with Crippen LogP contribution in [-0.4, -0.2) is 5.11 Å². The maximum absolute atomic E-state index is 9.57. The van der Waals surface area contributed by atoms with E-state index in [2.05, 4.69) is 0 Å². The highest BCUT2D eigenvalue weighted by atomic mass is 32.2. The first-order chi connectivity index (χ1) is 8.24. The molecule has 0 radical (unpaired) electrons. The third-order valence-electron chi connectivity index (χ3n) is 2.74. The molecule has 3 rings (SSSR count). The Kier molecular flexibility index (Phi) is 2.57. The van der Waals surface area contributed by atoms with Gasteiger partial charge in [-0.2, -0.15) is 0 Å². The average molecular weight is 244 g/mol. The van der Waals surface area contributed by atoms with Crippen LogP contribution < -0.4 is 4.74 Å². The normalized spacial score (nSPS) is 14.5. The van der Waals surface area contributed by atoms with Crippen molar-refractivity contribution in [3.05, 3.63) is 48.0 Å². The zero-order valence-corrected chi connectivity index (χ0v) is 10.2. The molecule has 0 bridgehead atoms. The summed E-state index contributed by atoms with van der Waals surface area (Å²) in [5, 5.41) is 9.57. The van der Waals surface area contributed by atoms with E-state index in [4.69, 9.17) is 4.74 Å². The topological polar surface area (TPSA) is 29.5 Å². The van der Waals surface area contributed by atoms with Crippen molar-refractivity contribution in [1.82, 2.24) is 0 Å². The van der Waals surface area contributed by atoms with Crippen molar-refractivity contribution in [1.29, 1.82) is 0 Å². The van der Waals surface area contributed by atoms with E-state index >= 15 is 0 Å². The molecule has 1 atom stereocenters. The summed E-state index contributed by atoms with van der Waals surface area (Å²) in [6.07, 6.45) is -0.446. The molecule has 2 nitrogen and oxygen atoms in total. The van der Waals surface area contributed by atoms with Gasteiger partial charge < -0.3 is 9.84 Å². The number of rotatable bonds is 1. The van der Waals surface area contributed by atoms with E-state index in [-0.39, 0.29) is 0 Å². The molecule has 1 N–H and O–H groups in total. The minimum absolute atomic E-state index is 0.446. The maximum Gasteiger partial charge on any atom is 0.141 e. The van der Waals surface area contributed by atoms with E-state index in [9.17, 15) is 5.11 Å². The third kappa shape index (κ3) is 1.92. The largest absolute Gasteiger partial charge is 0.455 e. The highest BCUT2D eigenvalue weighted by Crippen LogP contribution is 2.47. The van der Waals surface area contributed by atoms with Crippen molar-refractivity contribution in [3.8, 4) is 11.5 Å². The first-order valence-corrected chi connectivity index (χ1v) is 6.32. The molecule has 1 aliphatic heterocycles. The molecule has 0 saturated carbocycles. The Bertz CT molecular complexity index is 564. The number of fused-ring (bicyclic) bond motifs is 2. The molecule has 0 fully saturated rings. The Labute approximate surface area is 104 Å². The van der Waals surface area contributed by atoms with Gasteiger partial charge in [0.2, 0.25) is 0 Å². The lowest BCUT2D eigenvalue weighted by molar-refractivity contribution is 0.199. The quantitative estimate of drug-likeness (QED) is 0.701. The summed E-state index contributed by atoms with van der Waals surface area (Å²) < 4.78 is 5.81. The van der Waals surface area contributed by atoms with Gasteiger partial charge in [-0.1, -0.05) is 30.0 Å². The molecule has 0 aliphatic carbocycles. The fourth-order valence-corrected chi connectivity index (χ4v) is 2.80. The third-order valence-corrected chi connectivity index (χ3v) is 3.84. The number of para-hydroxylation sites is 1. The molecule has 3 heteroatoms. The van der Waals surface area contributed by atoms with Gasteiger partial charge in [0.25, 0.3) is 0 Å². The summed E-state index contributed by atoms with van der Waals surface area (Å²) in [7, 11) is 0. The number of hydrogen-bond acceptors (Lipinski definition) is 3. The molecule has 0 saturated heterocycles. The summed E-state index contributed by atoms with van der Waals surface area (Å²) in [6, 6.07) is 13.8. The van der Waals surface area contributed by atoms with Gasteiger partial charge in [-0.25, -0.2) is 0 Å². The molecule has 0 unspecified atom stereocenters. The van der Waals surface area contributed by atoms with Crippen LogP contribution in [-0.2, 0) is 0 Å². The van der Waals surface area contributed by atoms with Crippen LogP contribution in [0.25, 0.3) is 0 Å². The number of benzene rings is 2. The van der Waals surface area contributed by atoms with Crippen LogP contribution in [0.5, 0.6) is 11.5 Å². The zero-order valence-electron chi connectivity index (χ0n) is 9.38. The Morgan fingerprint density at radius 2 is 1.82 bits per heavy atom. The molecule has 2 aromatic carbocycles. The van der Waals surface area contributed by atoms with E-state index in [1.54, 1.807) is 18.7 Å². The van der Waals surface area contributed by atoms with Crippen LogP contribution >= 0.6 is 11.8 Å². The fraction of sp³-hybridized carbons (Fsp3) is 0.143. The van der Waals surface area contributed by atoms with Gasteiger partial charge in [-0.05, 0) is 36.8 Å². The van der Waals surface area contributed by atoms with Crippen molar-refractivity contribution in [3.63, 3.8) is 0 Å². The Morgan fingerprint density at radius 1 is 1.06 bits per heavy atom. The van der Waals surface area contributed by atoms with Crippen LogP contribution in [0.15, 0.2) is 52.3 Å². The monoisotopic (exact) mass is 244 g/mol. The van der Waals surface area contributed by atoms with Crippen molar-refractivity contribution >= 4 is 11.8 Å². The van der Waals surface area contributed by atoms with Crippen molar-refractivity contribution in [2.75, 3.05) is 0 Å².